The minimum atomic E-state index is 0.102. The largest absolute Gasteiger partial charge is 0.378 e. The van der Waals surface area contributed by atoms with Gasteiger partial charge in [-0.2, -0.15) is 0 Å². The average Bonchev–Trinajstić information content (AvgIpc) is 2.28. The predicted molar refractivity (Wildman–Crippen MR) is 64.0 cm³/mol. The van der Waals surface area contributed by atoms with Gasteiger partial charge in [-0.3, -0.25) is 4.79 Å². The van der Waals surface area contributed by atoms with Gasteiger partial charge in [-0.1, -0.05) is 20.8 Å². The van der Waals surface area contributed by atoms with E-state index >= 15 is 0 Å². The van der Waals surface area contributed by atoms with Gasteiger partial charge < -0.3 is 15.4 Å². The van der Waals surface area contributed by atoms with E-state index in [0.717, 1.165) is 13.1 Å². The van der Waals surface area contributed by atoms with Crippen LogP contribution in [0.1, 0.15) is 27.2 Å². The fraction of sp³-hybridized carbons (Fsp3) is 0.917. The molecule has 2 N–H and O–H groups in total. The van der Waals surface area contributed by atoms with Crippen molar-refractivity contribution in [2.45, 2.75) is 33.2 Å². The minimum Gasteiger partial charge on any atom is -0.378 e. The fourth-order valence-corrected chi connectivity index (χ4v) is 2.01. The molecule has 0 aromatic heterocycles. The first kappa shape index (κ1) is 13.5. The number of carbonyl (C=O) groups excluding carboxylic acids is 1. The number of amides is 1. The Morgan fingerprint density at radius 1 is 1.31 bits per heavy atom. The smallest absolute Gasteiger partial charge is 0.223 e. The maximum Gasteiger partial charge on any atom is 0.223 e. The number of ether oxygens (including phenoxy) is 1. The Morgan fingerprint density at radius 2 is 1.88 bits per heavy atom. The highest BCUT2D eigenvalue weighted by Gasteiger charge is 2.23. The van der Waals surface area contributed by atoms with Gasteiger partial charge in [0.2, 0.25) is 5.91 Å². The second-order valence-corrected chi connectivity index (χ2v) is 5.00. The van der Waals surface area contributed by atoms with Crippen LogP contribution in [0.2, 0.25) is 0 Å². The summed E-state index contributed by atoms with van der Waals surface area (Å²) in [6.45, 7) is 9.03. The molecule has 16 heavy (non-hydrogen) atoms. The first-order chi connectivity index (χ1) is 7.52. The molecule has 4 nitrogen and oxygen atoms in total. The molecule has 4 heteroatoms. The number of nitrogens with zero attached hydrogens (tertiary/aromatic N) is 1. The maximum atomic E-state index is 12.0. The molecule has 0 aromatic rings. The van der Waals surface area contributed by atoms with Gasteiger partial charge in [0.1, 0.15) is 0 Å². The molecule has 1 saturated heterocycles. The van der Waals surface area contributed by atoms with Gasteiger partial charge >= 0.3 is 0 Å². The van der Waals surface area contributed by atoms with Gasteiger partial charge in [0.15, 0.2) is 0 Å². The lowest BCUT2D eigenvalue weighted by molar-refractivity contribution is -0.136. The van der Waals surface area contributed by atoms with E-state index in [4.69, 9.17) is 10.5 Å². The van der Waals surface area contributed by atoms with Crippen molar-refractivity contribution in [3.05, 3.63) is 0 Å². The van der Waals surface area contributed by atoms with Crippen molar-refractivity contribution in [3.63, 3.8) is 0 Å². The van der Waals surface area contributed by atoms with E-state index in [1.165, 1.54) is 0 Å². The van der Waals surface area contributed by atoms with Gasteiger partial charge in [0.05, 0.1) is 13.2 Å². The van der Waals surface area contributed by atoms with E-state index in [2.05, 4.69) is 20.8 Å². The Hall–Kier alpha value is -0.610. The highest BCUT2D eigenvalue weighted by Crippen LogP contribution is 2.15. The minimum absolute atomic E-state index is 0.102. The molecule has 0 aromatic carbocycles. The third-order valence-corrected chi connectivity index (χ3v) is 3.29. The number of morpholine rings is 1. The lowest BCUT2D eigenvalue weighted by atomic mass is 9.90. The van der Waals surface area contributed by atoms with Crippen LogP contribution < -0.4 is 5.73 Å². The third kappa shape index (κ3) is 3.76. The summed E-state index contributed by atoms with van der Waals surface area (Å²) in [6.07, 6.45) is 0.555. The van der Waals surface area contributed by atoms with Crippen molar-refractivity contribution < 1.29 is 9.53 Å². The molecule has 1 aliphatic rings. The lowest BCUT2D eigenvalue weighted by Gasteiger charge is -2.29. The number of carbonyl (C=O) groups is 1. The van der Waals surface area contributed by atoms with Crippen molar-refractivity contribution in [3.8, 4) is 0 Å². The van der Waals surface area contributed by atoms with Gasteiger partial charge in [0.25, 0.3) is 0 Å². The van der Waals surface area contributed by atoms with E-state index in [1.807, 2.05) is 4.90 Å². The monoisotopic (exact) mass is 228 g/mol. The molecule has 1 heterocycles. The summed E-state index contributed by atoms with van der Waals surface area (Å²) in [7, 11) is 0. The molecule has 0 aliphatic carbocycles. The summed E-state index contributed by atoms with van der Waals surface area (Å²) in [5.74, 6) is 0.884. The summed E-state index contributed by atoms with van der Waals surface area (Å²) in [5, 5.41) is 0. The van der Waals surface area contributed by atoms with Crippen LogP contribution in [0.5, 0.6) is 0 Å². The topological polar surface area (TPSA) is 55.6 Å². The van der Waals surface area contributed by atoms with Crippen LogP contribution >= 0.6 is 0 Å². The van der Waals surface area contributed by atoms with Crippen LogP contribution in [-0.4, -0.2) is 43.2 Å². The zero-order chi connectivity index (χ0) is 12.1. The van der Waals surface area contributed by atoms with E-state index in [0.29, 0.717) is 25.6 Å². The Balaban J connectivity index is 2.37. The number of hydrogen-bond acceptors (Lipinski definition) is 3. The number of rotatable bonds is 4. The van der Waals surface area contributed by atoms with Gasteiger partial charge in [0, 0.05) is 25.6 Å². The molecule has 0 saturated carbocycles. The molecule has 1 amide bonds. The van der Waals surface area contributed by atoms with Crippen LogP contribution in [0.15, 0.2) is 0 Å². The Labute approximate surface area is 98.1 Å². The van der Waals surface area contributed by atoms with Crippen molar-refractivity contribution in [1.29, 1.82) is 0 Å². The van der Waals surface area contributed by atoms with Crippen LogP contribution in [0, 0.1) is 11.8 Å². The summed E-state index contributed by atoms with van der Waals surface area (Å²) in [5.41, 5.74) is 6.04. The highest BCUT2D eigenvalue weighted by molar-refractivity contribution is 5.76. The van der Waals surface area contributed by atoms with Gasteiger partial charge in [-0.25, -0.2) is 0 Å². The second-order valence-electron chi connectivity index (χ2n) is 5.00. The quantitative estimate of drug-likeness (QED) is 0.776. The summed E-state index contributed by atoms with van der Waals surface area (Å²) < 4.78 is 5.22. The SMILES string of the molecule is CC(C)C(N)C(C)CC(=O)N1CCOCC1. The molecular formula is C12H24N2O2. The first-order valence-corrected chi connectivity index (χ1v) is 6.13. The van der Waals surface area contributed by atoms with Crippen LogP contribution in [0.25, 0.3) is 0 Å². The Bertz CT molecular complexity index is 225. The molecule has 2 atom stereocenters. The number of nitrogens with two attached hydrogens (primary N) is 1. The second kappa shape index (κ2) is 6.21. The van der Waals surface area contributed by atoms with Crippen molar-refractivity contribution in [1.82, 2.24) is 4.90 Å². The Kier molecular flexibility index (Phi) is 5.22. The van der Waals surface area contributed by atoms with Crippen LogP contribution in [-0.2, 0) is 9.53 Å². The van der Waals surface area contributed by atoms with E-state index < -0.39 is 0 Å². The van der Waals surface area contributed by atoms with Gasteiger partial charge in [-0.15, -0.1) is 0 Å². The highest BCUT2D eigenvalue weighted by atomic mass is 16.5. The van der Waals surface area contributed by atoms with E-state index in [1.54, 1.807) is 0 Å². The molecular weight excluding hydrogens is 204 g/mol. The maximum absolute atomic E-state index is 12.0. The number of hydrogen-bond donors (Lipinski definition) is 1. The lowest BCUT2D eigenvalue weighted by Crippen LogP contribution is -2.43. The molecule has 0 radical (unpaired) electrons. The Morgan fingerprint density at radius 3 is 2.38 bits per heavy atom. The van der Waals surface area contributed by atoms with Crippen LogP contribution in [0.4, 0.5) is 0 Å². The van der Waals surface area contributed by atoms with Crippen molar-refractivity contribution in [2.24, 2.45) is 17.6 Å². The third-order valence-electron chi connectivity index (χ3n) is 3.29. The molecule has 94 valence electrons. The zero-order valence-electron chi connectivity index (χ0n) is 10.6. The molecule has 2 unspecified atom stereocenters. The van der Waals surface area contributed by atoms with Crippen molar-refractivity contribution >= 4 is 5.91 Å². The summed E-state index contributed by atoms with van der Waals surface area (Å²) >= 11 is 0. The first-order valence-electron chi connectivity index (χ1n) is 6.13. The molecule has 0 bridgehead atoms. The zero-order valence-corrected chi connectivity index (χ0v) is 10.6. The van der Waals surface area contributed by atoms with Crippen molar-refractivity contribution in [2.75, 3.05) is 26.3 Å². The van der Waals surface area contributed by atoms with E-state index in [9.17, 15) is 4.79 Å². The normalized spacial score (nSPS) is 20.9. The van der Waals surface area contributed by atoms with Crippen LogP contribution in [0.3, 0.4) is 0 Å². The molecule has 1 fully saturated rings. The fourth-order valence-electron chi connectivity index (χ4n) is 2.01. The van der Waals surface area contributed by atoms with Gasteiger partial charge in [-0.05, 0) is 11.8 Å². The summed E-state index contributed by atoms with van der Waals surface area (Å²) in [6, 6.07) is 0.102. The molecule has 0 spiro atoms. The average molecular weight is 228 g/mol. The molecule has 1 rings (SSSR count). The predicted octanol–water partition coefficient (Wildman–Crippen LogP) is 0.855. The standard InChI is InChI=1S/C12H24N2O2/c1-9(2)12(13)10(3)8-11(15)14-4-6-16-7-5-14/h9-10,12H,4-8,13H2,1-3H3. The molecule has 1 aliphatic heterocycles. The van der Waals surface area contributed by atoms with E-state index in [-0.39, 0.29) is 17.9 Å². The summed E-state index contributed by atoms with van der Waals surface area (Å²) in [4.78, 5) is 13.8.